The van der Waals surface area contributed by atoms with Crippen LogP contribution in [0, 0.1) is 6.92 Å². The molecule has 10 heteroatoms. The van der Waals surface area contributed by atoms with Crippen LogP contribution in [0.1, 0.15) is 16.7 Å². The first-order valence-electron chi connectivity index (χ1n) is 11.9. The Hall–Kier alpha value is -3.85. The van der Waals surface area contributed by atoms with Gasteiger partial charge >= 0.3 is 0 Å². The summed E-state index contributed by atoms with van der Waals surface area (Å²) in [5.74, 6) is 0.0380. The maximum Gasteiger partial charge on any atom is 0.264 e. The number of rotatable bonds is 10. The Kier molecular flexibility index (Phi) is 9.24. The number of amides is 1. The summed E-state index contributed by atoms with van der Waals surface area (Å²) in [4.78, 5) is 12.8. The number of carbonyl (C=O) groups is 1. The van der Waals surface area contributed by atoms with Crippen LogP contribution in [0.25, 0.3) is 0 Å². The van der Waals surface area contributed by atoms with E-state index >= 15 is 0 Å². The van der Waals surface area contributed by atoms with E-state index in [0.29, 0.717) is 39.2 Å². The number of nitrogens with one attached hydrogen (secondary N) is 1. The predicted octanol–water partition coefficient (Wildman–Crippen LogP) is 6.23. The van der Waals surface area contributed by atoms with Gasteiger partial charge in [-0.1, -0.05) is 59.6 Å². The lowest BCUT2D eigenvalue weighted by Crippen LogP contribution is -2.40. The summed E-state index contributed by atoms with van der Waals surface area (Å²) in [5, 5.41) is 5.09. The third-order valence-corrected chi connectivity index (χ3v) is 8.06. The van der Waals surface area contributed by atoms with Crippen LogP contribution < -0.4 is 14.5 Å². The van der Waals surface area contributed by atoms with Crippen molar-refractivity contribution >= 4 is 51.0 Å². The van der Waals surface area contributed by atoms with Crippen molar-refractivity contribution in [2.75, 3.05) is 10.8 Å². The molecule has 0 bridgehead atoms. The average molecular weight is 583 g/mol. The third kappa shape index (κ3) is 7.38. The van der Waals surface area contributed by atoms with E-state index in [-0.39, 0.29) is 4.90 Å². The SMILES string of the molecule is Cc1cc(Cl)ccc1N(CC(=O)N/N=C\c1ccc(OCc2ccccc2Cl)cc1)S(=O)(=O)c1ccccc1. The van der Waals surface area contributed by atoms with E-state index in [0.717, 1.165) is 9.87 Å². The molecule has 0 atom stereocenters. The summed E-state index contributed by atoms with van der Waals surface area (Å²) in [6.45, 7) is 1.58. The Morgan fingerprint density at radius 3 is 2.33 bits per heavy atom. The summed E-state index contributed by atoms with van der Waals surface area (Å²) >= 11 is 12.2. The minimum absolute atomic E-state index is 0.0625. The Morgan fingerprint density at radius 1 is 0.949 bits per heavy atom. The van der Waals surface area contributed by atoms with Crippen LogP contribution in [-0.4, -0.2) is 27.1 Å². The van der Waals surface area contributed by atoms with E-state index in [1.807, 2.05) is 18.2 Å². The molecule has 0 aliphatic carbocycles. The standard InChI is InChI=1S/C29H25Cl2N3O4S/c1-21-17-24(30)13-16-28(21)34(39(36,37)26-8-3-2-4-9-26)19-29(35)33-32-18-22-11-14-25(15-12-22)38-20-23-7-5-6-10-27(23)31/h2-18H,19-20H2,1H3,(H,33,35)/b32-18-. The Morgan fingerprint density at radius 2 is 1.64 bits per heavy atom. The van der Waals surface area contributed by atoms with Crippen LogP contribution in [0.2, 0.25) is 10.0 Å². The van der Waals surface area contributed by atoms with E-state index in [2.05, 4.69) is 10.5 Å². The predicted molar refractivity (Wildman–Crippen MR) is 155 cm³/mol. The van der Waals surface area contributed by atoms with Gasteiger partial charge in [0.2, 0.25) is 0 Å². The van der Waals surface area contributed by atoms with Gasteiger partial charge < -0.3 is 4.74 Å². The minimum atomic E-state index is -4.04. The zero-order valence-corrected chi connectivity index (χ0v) is 23.2. The Balaban J connectivity index is 1.42. The number of benzene rings is 4. The van der Waals surface area contributed by atoms with Crippen LogP contribution in [0.3, 0.4) is 0 Å². The number of carbonyl (C=O) groups excluding carboxylic acids is 1. The number of anilines is 1. The lowest BCUT2D eigenvalue weighted by Gasteiger charge is -2.25. The fourth-order valence-corrected chi connectivity index (χ4v) is 5.61. The average Bonchev–Trinajstić information content (AvgIpc) is 2.93. The van der Waals surface area contributed by atoms with Crippen molar-refractivity contribution < 1.29 is 17.9 Å². The summed E-state index contributed by atoms with van der Waals surface area (Å²) in [5.41, 5.74) is 4.94. The molecule has 4 rings (SSSR count). The van der Waals surface area contributed by atoms with E-state index in [1.54, 1.807) is 73.7 Å². The van der Waals surface area contributed by atoms with Crippen LogP contribution in [-0.2, 0) is 21.4 Å². The highest BCUT2D eigenvalue weighted by molar-refractivity contribution is 7.92. The maximum absolute atomic E-state index is 13.5. The number of nitrogens with zero attached hydrogens (tertiary/aromatic N) is 2. The second-order valence-corrected chi connectivity index (χ2v) is 11.2. The molecule has 1 amide bonds. The normalized spacial score (nSPS) is 11.4. The molecule has 0 saturated carbocycles. The van der Waals surface area contributed by atoms with Crippen molar-refractivity contribution in [3.05, 3.63) is 124 Å². The lowest BCUT2D eigenvalue weighted by molar-refractivity contribution is -0.119. The number of aryl methyl sites for hydroxylation is 1. The lowest BCUT2D eigenvalue weighted by atomic mass is 10.2. The summed E-state index contributed by atoms with van der Waals surface area (Å²) in [6, 6.07) is 27.3. The number of sulfonamides is 1. The molecular formula is C29H25Cl2N3O4S. The van der Waals surface area contributed by atoms with Gasteiger partial charge in [-0.05, 0) is 78.7 Å². The van der Waals surface area contributed by atoms with Crippen LogP contribution in [0.4, 0.5) is 5.69 Å². The highest BCUT2D eigenvalue weighted by Gasteiger charge is 2.28. The van der Waals surface area contributed by atoms with Crippen molar-refractivity contribution in [3.63, 3.8) is 0 Å². The van der Waals surface area contributed by atoms with Gasteiger partial charge in [0.25, 0.3) is 15.9 Å². The smallest absolute Gasteiger partial charge is 0.264 e. The van der Waals surface area contributed by atoms with Gasteiger partial charge in [0.05, 0.1) is 16.8 Å². The van der Waals surface area contributed by atoms with Crippen molar-refractivity contribution in [2.45, 2.75) is 18.4 Å². The molecular weight excluding hydrogens is 557 g/mol. The number of halogens is 2. The number of hydrogen-bond donors (Lipinski definition) is 1. The van der Waals surface area contributed by atoms with E-state index in [4.69, 9.17) is 27.9 Å². The summed E-state index contributed by atoms with van der Waals surface area (Å²) in [6.07, 6.45) is 1.46. The Bertz CT molecular complexity index is 1580. The Labute approximate surface area is 237 Å². The van der Waals surface area contributed by atoms with E-state index < -0.39 is 22.5 Å². The number of ether oxygens (including phenoxy) is 1. The number of hydrazone groups is 1. The van der Waals surface area contributed by atoms with Gasteiger partial charge in [-0.15, -0.1) is 0 Å². The van der Waals surface area contributed by atoms with Crippen molar-refractivity contribution in [1.82, 2.24) is 5.43 Å². The zero-order valence-electron chi connectivity index (χ0n) is 20.9. The summed E-state index contributed by atoms with van der Waals surface area (Å²) in [7, 11) is -4.04. The monoisotopic (exact) mass is 581 g/mol. The first-order valence-corrected chi connectivity index (χ1v) is 14.1. The molecule has 4 aromatic carbocycles. The number of hydrogen-bond acceptors (Lipinski definition) is 5. The van der Waals surface area contributed by atoms with Gasteiger partial charge in [0.1, 0.15) is 18.9 Å². The molecule has 39 heavy (non-hydrogen) atoms. The van der Waals surface area contributed by atoms with Crippen molar-refractivity contribution in [3.8, 4) is 5.75 Å². The molecule has 4 aromatic rings. The molecule has 7 nitrogen and oxygen atoms in total. The van der Waals surface area contributed by atoms with Gasteiger partial charge in [-0.3, -0.25) is 9.10 Å². The van der Waals surface area contributed by atoms with Crippen LogP contribution in [0.15, 0.2) is 107 Å². The fourth-order valence-electron chi connectivity index (χ4n) is 3.69. The molecule has 0 aromatic heterocycles. The van der Waals surface area contributed by atoms with Crippen LogP contribution >= 0.6 is 23.2 Å². The first-order chi connectivity index (χ1) is 18.7. The molecule has 0 spiro atoms. The van der Waals surface area contributed by atoms with Gasteiger partial charge in [-0.25, -0.2) is 13.8 Å². The highest BCUT2D eigenvalue weighted by Crippen LogP contribution is 2.28. The van der Waals surface area contributed by atoms with Crippen LogP contribution in [0.5, 0.6) is 5.75 Å². The zero-order chi connectivity index (χ0) is 27.8. The molecule has 0 radical (unpaired) electrons. The summed E-state index contributed by atoms with van der Waals surface area (Å²) < 4.78 is 33.7. The molecule has 200 valence electrons. The molecule has 0 aliphatic heterocycles. The largest absolute Gasteiger partial charge is 0.489 e. The topological polar surface area (TPSA) is 88.1 Å². The molecule has 0 saturated heterocycles. The van der Waals surface area contributed by atoms with E-state index in [1.165, 1.54) is 18.3 Å². The molecule has 0 fully saturated rings. The fraction of sp³-hybridized carbons (Fsp3) is 0.103. The minimum Gasteiger partial charge on any atom is -0.489 e. The third-order valence-electron chi connectivity index (χ3n) is 5.68. The second kappa shape index (κ2) is 12.8. The van der Waals surface area contributed by atoms with Gasteiger partial charge in [0.15, 0.2) is 0 Å². The first kappa shape index (κ1) is 28.2. The van der Waals surface area contributed by atoms with Gasteiger partial charge in [-0.2, -0.15) is 5.10 Å². The van der Waals surface area contributed by atoms with Crippen molar-refractivity contribution in [2.24, 2.45) is 5.10 Å². The highest BCUT2D eigenvalue weighted by atomic mass is 35.5. The van der Waals surface area contributed by atoms with Gasteiger partial charge in [0, 0.05) is 15.6 Å². The van der Waals surface area contributed by atoms with Crippen molar-refractivity contribution in [1.29, 1.82) is 0 Å². The maximum atomic E-state index is 13.5. The van der Waals surface area contributed by atoms with E-state index in [9.17, 15) is 13.2 Å². The molecule has 0 unspecified atom stereocenters. The quantitative estimate of drug-likeness (QED) is 0.178. The molecule has 0 aliphatic rings. The molecule has 0 heterocycles. The second-order valence-electron chi connectivity index (χ2n) is 8.50. The molecule has 1 N–H and O–H groups in total.